The van der Waals surface area contributed by atoms with Crippen LogP contribution >= 0.6 is 15.9 Å². The lowest BCUT2D eigenvalue weighted by molar-refractivity contribution is -0.108. The molecule has 0 radical (unpaired) electrons. The van der Waals surface area contributed by atoms with E-state index in [1.807, 2.05) is 37.3 Å². The van der Waals surface area contributed by atoms with Crippen molar-refractivity contribution in [3.63, 3.8) is 0 Å². The highest BCUT2D eigenvalue weighted by atomic mass is 79.9. The van der Waals surface area contributed by atoms with Gasteiger partial charge in [-0.3, -0.25) is 0 Å². The third-order valence-corrected chi connectivity index (χ3v) is 5.03. The van der Waals surface area contributed by atoms with Crippen molar-refractivity contribution in [1.29, 1.82) is 0 Å². The molecule has 0 amide bonds. The highest BCUT2D eigenvalue weighted by Crippen LogP contribution is 2.45. The molecule has 0 aromatic heterocycles. The Morgan fingerprint density at radius 1 is 1.26 bits per heavy atom. The normalized spacial score (nSPS) is 18.1. The molecular formula is C19H16BrFO2. The van der Waals surface area contributed by atoms with E-state index in [1.54, 1.807) is 6.07 Å². The SMILES string of the molecule is CCC(Br)C1=C(c2ccccc2)C(C=O)c2cc(F)ccc2O1. The molecule has 2 atom stereocenters. The minimum Gasteiger partial charge on any atom is -0.460 e. The summed E-state index contributed by atoms with van der Waals surface area (Å²) in [5.74, 6) is 0.338. The number of fused-ring (bicyclic) bond motifs is 1. The Morgan fingerprint density at radius 3 is 2.65 bits per heavy atom. The second kappa shape index (κ2) is 6.67. The second-order valence-corrected chi connectivity index (χ2v) is 6.52. The first-order valence-corrected chi connectivity index (χ1v) is 8.43. The number of hydrogen-bond donors (Lipinski definition) is 0. The molecule has 1 aliphatic rings. The Hall–Kier alpha value is -1.94. The molecule has 0 aliphatic carbocycles. The monoisotopic (exact) mass is 374 g/mol. The van der Waals surface area contributed by atoms with Gasteiger partial charge in [-0.1, -0.05) is 53.2 Å². The third-order valence-electron chi connectivity index (χ3n) is 3.97. The van der Waals surface area contributed by atoms with Crippen LogP contribution in [0.1, 0.15) is 30.4 Å². The van der Waals surface area contributed by atoms with Crippen LogP contribution in [-0.4, -0.2) is 11.1 Å². The number of alkyl halides is 1. The van der Waals surface area contributed by atoms with Crippen molar-refractivity contribution in [2.45, 2.75) is 24.1 Å². The average Bonchev–Trinajstić information content (AvgIpc) is 2.60. The zero-order valence-electron chi connectivity index (χ0n) is 12.6. The number of carbonyl (C=O) groups excluding carboxylic acids is 1. The molecule has 3 rings (SSSR count). The highest BCUT2D eigenvalue weighted by Gasteiger charge is 2.33. The molecule has 0 saturated heterocycles. The van der Waals surface area contributed by atoms with Crippen LogP contribution in [0.4, 0.5) is 4.39 Å². The molecular weight excluding hydrogens is 359 g/mol. The van der Waals surface area contributed by atoms with Crippen molar-refractivity contribution in [3.8, 4) is 5.75 Å². The molecule has 0 spiro atoms. The first-order valence-electron chi connectivity index (χ1n) is 7.51. The Bertz CT molecular complexity index is 755. The fourth-order valence-corrected chi connectivity index (χ4v) is 3.18. The molecule has 1 heterocycles. The Kier molecular flexibility index (Phi) is 4.62. The molecule has 2 aromatic rings. The first kappa shape index (κ1) is 15.9. The lowest BCUT2D eigenvalue weighted by Crippen LogP contribution is -2.21. The molecule has 0 bridgehead atoms. The quantitative estimate of drug-likeness (QED) is 0.550. The summed E-state index contributed by atoms with van der Waals surface area (Å²) in [4.78, 5) is 11.8. The molecule has 0 fully saturated rings. The van der Waals surface area contributed by atoms with Crippen LogP contribution in [-0.2, 0) is 4.79 Å². The maximum absolute atomic E-state index is 13.7. The van der Waals surface area contributed by atoms with Gasteiger partial charge in [0.05, 0.1) is 10.7 Å². The highest BCUT2D eigenvalue weighted by molar-refractivity contribution is 9.09. The predicted octanol–water partition coefficient (Wildman–Crippen LogP) is 5.09. The summed E-state index contributed by atoms with van der Waals surface area (Å²) in [6.07, 6.45) is 1.67. The Labute approximate surface area is 143 Å². The van der Waals surface area contributed by atoms with Crippen LogP contribution in [0.15, 0.2) is 54.3 Å². The Morgan fingerprint density at radius 2 is 2.00 bits per heavy atom. The number of allylic oxidation sites excluding steroid dienone is 2. The van der Waals surface area contributed by atoms with Crippen molar-refractivity contribution in [3.05, 3.63) is 71.2 Å². The number of aldehydes is 1. The van der Waals surface area contributed by atoms with Gasteiger partial charge in [0, 0.05) is 11.1 Å². The van der Waals surface area contributed by atoms with Crippen LogP contribution in [0.25, 0.3) is 5.57 Å². The van der Waals surface area contributed by atoms with Crippen molar-refractivity contribution < 1.29 is 13.9 Å². The van der Waals surface area contributed by atoms with Crippen LogP contribution < -0.4 is 4.74 Å². The molecule has 118 valence electrons. The van der Waals surface area contributed by atoms with Gasteiger partial charge in [-0.25, -0.2) is 4.39 Å². The van der Waals surface area contributed by atoms with Crippen molar-refractivity contribution in [2.75, 3.05) is 0 Å². The molecule has 4 heteroatoms. The number of hydrogen-bond acceptors (Lipinski definition) is 2. The largest absolute Gasteiger partial charge is 0.460 e. The van der Waals surface area contributed by atoms with Crippen molar-refractivity contribution in [1.82, 2.24) is 0 Å². The molecule has 0 N–H and O–H groups in total. The van der Waals surface area contributed by atoms with Crippen molar-refractivity contribution >= 4 is 27.8 Å². The van der Waals surface area contributed by atoms with Gasteiger partial charge in [-0.2, -0.15) is 0 Å². The van der Waals surface area contributed by atoms with Crippen LogP contribution in [0.5, 0.6) is 5.75 Å². The summed E-state index contributed by atoms with van der Waals surface area (Å²) in [6.45, 7) is 2.04. The van der Waals surface area contributed by atoms with E-state index in [2.05, 4.69) is 15.9 Å². The number of carbonyl (C=O) groups is 1. The number of benzene rings is 2. The standard InChI is InChI=1S/C19H16BrFO2/c1-2-16(20)19-18(12-6-4-3-5-7-12)15(11-22)14-10-13(21)8-9-17(14)23-19/h3-11,15-16H,2H2,1H3. The first-order chi connectivity index (χ1) is 11.2. The number of rotatable bonds is 4. The van der Waals surface area contributed by atoms with E-state index in [-0.39, 0.29) is 10.6 Å². The summed E-state index contributed by atoms with van der Waals surface area (Å²) in [6, 6.07) is 13.9. The minimum atomic E-state index is -0.543. The lowest BCUT2D eigenvalue weighted by Gasteiger charge is -2.30. The van der Waals surface area contributed by atoms with Gasteiger partial charge in [0.1, 0.15) is 23.6 Å². The summed E-state index contributed by atoms with van der Waals surface area (Å²) >= 11 is 3.63. The van der Waals surface area contributed by atoms with Gasteiger partial charge in [0.15, 0.2) is 0 Å². The summed E-state index contributed by atoms with van der Waals surface area (Å²) < 4.78 is 19.7. The predicted molar refractivity (Wildman–Crippen MR) is 92.2 cm³/mol. The smallest absolute Gasteiger partial charge is 0.132 e. The molecule has 23 heavy (non-hydrogen) atoms. The van der Waals surface area contributed by atoms with Crippen LogP contribution in [0.3, 0.4) is 0 Å². The fourth-order valence-electron chi connectivity index (χ4n) is 2.84. The van der Waals surface area contributed by atoms with Gasteiger partial charge in [-0.15, -0.1) is 0 Å². The van der Waals surface area contributed by atoms with Gasteiger partial charge in [0.25, 0.3) is 0 Å². The summed E-state index contributed by atoms with van der Waals surface area (Å²) in [5.41, 5.74) is 2.27. The van der Waals surface area contributed by atoms with Gasteiger partial charge >= 0.3 is 0 Å². The van der Waals surface area contributed by atoms with E-state index < -0.39 is 5.92 Å². The molecule has 2 nitrogen and oxygen atoms in total. The van der Waals surface area contributed by atoms with Gasteiger partial charge in [-0.05, 0) is 30.2 Å². The number of halogens is 2. The maximum atomic E-state index is 13.7. The van der Waals surface area contributed by atoms with Crippen molar-refractivity contribution in [2.24, 2.45) is 0 Å². The second-order valence-electron chi connectivity index (χ2n) is 5.42. The van der Waals surface area contributed by atoms with Gasteiger partial charge in [0.2, 0.25) is 0 Å². The number of ether oxygens (including phenoxy) is 1. The zero-order valence-corrected chi connectivity index (χ0v) is 14.2. The van der Waals surface area contributed by atoms with Crippen LogP contribution in [0, 0.1) is 5.82 Å². The van der Waals surface area contributed by atoms with Gasteiger partial charge < -0.3 is 9.53 Å². The maximum Gasteiger partial charge on any atom is 0.132 e. The van der Waals surface area contributed by atoms with E-state index in [1.165, 1.54) is 12.1 Å². The van der Waals surface area contributed by atoms with E-state index in [9.17, 15) is 9.18 Å². The molecule has 0 saturated carbocycles. The third kappa shape index (κ3) is 2.95. The lowest BCUT2D eigenvalue weighted by atomic mass is 9.84. The van der Waals surface area contributed by atoms with E-state index in [0.29, 0.717) is 11.3 Å². The average molecular weight is 375 g/mol. The van der Waals surface area contributed by atoms with E-state index in [0.717, 1.165) is 29.6 Å². The topological polar surface area (TPSA) is 26.3 Å². The zero-order chi connectivity index (χ0) is 16.4. The van der Waals surface area contributed by atoms with E-state index >= 15 is 0 Å². The molecule has 2 unspecified atom stereocenters. The van der Waals surface area contributed by atoms with E-state index in [4.69, 9.17) is 4.74 Å². The summed E-state index contributed by atoms with van der Waals surface area (Å²) in [5, 5.41) is 0. The Balaban J connectivity index is 2.23. The minimum absolute atomic E-state index is 0.0154. The molecule has 2 aromatic carbocycles. The molecule has 1 aliphatic heterocycles. The van der Waals surface area contributed by atoms with Crippen LogP contribution in [0.2, 0.25) is 0 Å². The summed E-state index contributed by atoms with van der Waals surface area (Å²) in [7, 11) is 0. The fraction of sp³-hybridized carbons (Fsp3) is 0.211.